The van der Waals surface area contributed by atoms with Crippen LogP contribution >= 0.6 is 7.60 Å². The quantitative estimate of drug-likeness (QED) is 0.202. The molecule has 0 saturated carbocycles. The molecule has 2 aromatic rings. The fourth-order valence-electron chi connectivity index (χ4n) is 3.68. The fourth-order valence-corrected chi connectivity index (χ4v) is 4.71. The standard InChI is InChI=1S/C21H30F2N7O6P/c1-8-21(22)15(31)13(9-34-29(7)37(23,33)12(4)18(32)35-11(2)3)36-19(21)30-10-25-14-16(28(5)6)26-20(24)27-17(14)30/h1,10-13,15,19,31H,9H2,2-7H3,(H2,24,26,27)/t12-,13+,15+,19+,21+,37?/m0/s1. The summed E-state index contributed by atoms with van der Waals surface area (Å²) < 4.78 is 55.3. The van der Waals surface area contributed by atoms with E-state index in [1.54, 1.807) is 32.8 Å². The van der Waals surface area contributed by atoms with E-state index in [9.17, 15) is 18.7 Å². The van der Waals surface area contributed by atoms with Crippen LogP contribution in [0.2, 0.25) is 0 Å². The molecule has 13 nitrogen and oxygen atoms in total. The van der Waals surface area contributed by atoms with Gasteiger partial charge in [0.1, 0.15) is 12.2 Å². The molecule has 3 N–H and O–H groups in total. The van der Waals surface area contributed by atoms with E-state index in [-0.39, 0.29) is 17.1 Å². The molecule has 0 amide bonds. The van der Waals surface area contributed by atoms with E-state index in [2.05, 4.69) is 15.0 Å². The molecule has 1 saturated heterocycles. The highest BCUT2D eigenvalue weighted by atomic mass is 31.2. The van der Waals surface area contributed by atoms with Crippen molar-refractivity contribution in [1.82, 2.24) is 24.4 Å². The minimum atomic E-state index is -4.90. The van der Waals surface area contributed by atoms with Crippen LogP contribution in [0.3, 0.4) is 0 Å². The summed E-state index contributed by atoms with van der Waals surface area (Å²) in [4.78, 5) is 31.6. The number of fused-ring (bicyclic) bond motifs is 1. The van der Waals surface area contributed by atoms with Crippen molar-refractivity contribution in [1.29, 1.82) is 0 Å². The number of alkyl halides is 1. The third kappa shape index (κ3) is 5.25. The van der Waals surface area contributed by atoms with Crippen molar-refractivity contribution in [3.8, 4) is 12.3 Å². The number of aromatic nitrogens is 4. The Kier molecular flexibility index (Phi) is 8.11. The van der Waals surface area contributed by atoms with Crippen LogP contribution in [0.5, 0.6) is 0 Å². The first-order valence-electron chi connectivity index (χ1n) is 11.2. The van der Waals surface area contributed by atoms with E-state index in [1.807, 2.05) is 5.92 Å². The van der Waals surface area contributed by atoms with Gasteiger partial charge in [-0.15, -0.1) is 11.3 Å². The Morgan fingerprint density at radius 2 is 2.05 bits per heavy atom. The van der Waals surface area contributed by atoms with Crippen LogP contribution < -0.4 is 10.6 Å². The molecule has 3 rings (SSSR count). The Morgan fingerprint density at radius 3 is 2.62 bits per heavy atom. The Balaban J connectivity index is 1.84. The zero-order valence-corrected chi connectivity index (χ0v) is 22.1. The number of carbonyl (C=O) groups is 1. The summed E-state index contributed by atoms with van der Waals surface area (Å²) in [6.07, 6.45) is 1.10. The Hall–Kier alpha value is -2.89. The van der Waals surface area contributed by atoms with E-state index in [0.29, 0.717) is 10.7 Å². The van der Waals surface area contributed by atoms with Gasteiger partial charge >= 0.3 is 13.6 Å². The number of anilines is 2. The lowest BCUT2D eigenvalue weighted by molar-refractivity contribution is -0.149. The molecule has 2 aromatic heterocycles. The minimum Gasteiger partial charge on any atom is -0.462 e. The van der Waals surface area contributed by atoms with Gasteiger partial charge in [0, 0.05) is 21.1 Å². The molecule has 1 aliphatic rings. The van der Waals surface area contributed by atoms with Crippen LogP contribution in [0.4, 0.5) is 20.4 Å². The van der Waals surface area contributed by atoms with Gasteiger partial charge in [-0.2, -0.15) is 14.2 Å². The number of hydrogen-bond donors (Lipinski definition) is 2. The van der Waals surface area contributed by atoms with Crippen LogP contribution in [-0.4, -0.2) is 92.8 Å². The molecule has 1 unspecified atom stereocenters. The maximum Gasteiger partial charge on any atom is 0.345 e. The second-order valence-electron chi connectivity index (χ2n) is 8.97. The van der Waals surface area contributed by atoms with Gasteiger partial charge in [-0.1, -0.05) is 5.92 Å². The third-order valence-corrected chi connectivity index (χ3v) is 7.79. The average molecular weight is 545 g/mol. The molecule has 1 fully saturated rings. The summed E-state index contributed by atoms with van der Waals surface area (Å²) >= 11 is 0. The second kappa shape index (κ2) is 10.5. The first kappa shape index (κ1) is 28.7. The number of nitrogen functional groups attached to an aromatic ring is 1. The number of hydroxylamine groups is 1. The number of aliphatic hydroxyl groups excluding tert-OH is 1. The molecule has 3 heterocycles. The van der Waals surface area contributed by atoms with Crippen LogP contribution in [-0.2, 0) is 23.7 Å². The summed E-state index contributed by atoms with van der Waals surface area (Å²) in [6.45, 7) is 3.55. The highest BCUT2D eigenvalue weighted by Gasteiger charge is 2.58. The molecule has 204 valence electrons. The largest absolute Gasteiger partial charge is 0.462 e. The van der Waals surface area contributed by atoms with Gasteiger partial charge in [0.05, 0.1) is 19.0 Å². The third-order valence-electron chi connectivity index (χ3n) is 5.74. The SMILES string of the molecule is C#C[C@@]1(F)[C@H](O)[C@@H](CON(C)P(=O)(F)[C@@H](C)C(=O)OC(C)C)O[C@H]1n1cnc2c(N(C)C)nc(N)nc21. The van der Waals surface area contributed by atoms with Crippen molar-refractivity contribution in [2.24, 2.45) is 0 Å². The lowest BCUT2D eigenvalue weighted by Crippen LogP contribution is -2.42. The van der Waals surface area contributed by atoms with Crippen LogP contribution in [0.25, 0.3) is 11.2 Å². The number of rotatable bonds is 9. The van der Waals surface area contributed by atoms with E-state index >= 15 is 4.39 Å². The zero-order chi connectivity index (χ0) is 27.9. The number of halogens is 2. The highest BCUT2D eigenvalue weighted by molar-refractivity contribution is 7.57. The van der Waals surface area contributed by atoms with Crippen molar-refractivity contribution in [3.63, 3.8) is 0 Å². The molecule has 0 bridgehead atoms. The summed E-state index contributed by atoms with van der Waals surface area (Å²) in [6, 6.07) is 0. The zero-order valence-electron chi connectivity index (χ0n) is 21.2. The number of carbonyl (C=O) groups excluding carboxylic acids is 1. The summed E-state index contributed by atoms with van der Waals surface area (Å²) in [7, 11) is -0.506. The van der Waals surface area contributed by atoms with Crippen LogP contribution in [0.1, 0.15) is 27.0 Å². The highest BCUT2D eigenvalue weighted by Crippen LogP contribution is 2.55. The van der Waals surface area contributed by atoms with Crippen molar-refractivity contribution in [2.45, 2.75) is 56.6 Å². The van der Waals surface area contributed by atoms with E-state index < -0.39 is 56.0 Å². The number of ether oxygens (including phenoxy) is 2. The fraction of sp³-hybridized carbons (Fsp3) is 0.619. The van der Waals surface area contributed by atoms with Gasteiger partial charge in [-0.25, -0.2) is 9.37 Å². The van der Waals surface area contributed by atoms with Gasteiger partial charge in [-0.3, -0.25) is 18.8 Å². The summed E-state index contributed by atoms with van der Waals surface area (Å²) in [5.74, 6) is 1.13. The number of aliphatic hydroxyl groups is 1. The molecular weight excluding hydrogens is 515 g/mol. The topological polar surface area (TPSA) is 158 Å². The summed E-state index contributed by atoms with van der Waals surface area (Å²) in [5, 5.41) is 10.7. The molecule has 1 aliphatic heterocycles. The van der Waals surface area contributed by atoms with E-state index in [4.69, 9.17) is 26.5 Å². The first-order chi connectivity index (χ1) is 17.1. The number of imidazole rings is 1. The number of hydrogen-bond acceptors (Lipinski definition) is 11. The molecule has 0 radical (unpaired) electrons. The lowest BCUT2D eigenvalue weighted by Gasteiger charge is -2.26. The Morgan fingerprint density at radius 1 is 1.41 bits per heavy atom. The van der Waals surface area contributed by atoms with Crippen LogP contribution in [0.15, 0.2) is 6.33 Å². The monoisotopic (exact) mass is 545 g/mol. The van der Waals surface area contributed by atoms with Gasteiger partial charge < -0.3 is 25.2 Å². The smallest absolute Gasteiger partial charge is 0.345 e. The number of nitrogens with zero attached hydrogens (tertiary/aromatic N) is 6. The summed E-state index contributed by atoms with van der Waals surface area (Å²) in [5.41, 5.74) is 1.72. The first-order valence-corrected chi connectivity index (χ1v) is 12.8. The molecule has 0 aromatic carbocycles. The number of terminal acetylenes is 1. The normalized spacial score (nSPS) is 26.3. The Labute approximate surface area is 212 Å². The van der Waals surface area contributed by atoms with E-state index in [0.717, 1.165) is 18.5 Å². The molecule has 37 heavy (non-hydrogen) atoms. The second-order valence-corrected chi connectivity index (χ2v) is 11.4. The molecule has 0 spiro atoms. The maximum absolute atomic E-state index is 15.9. The van der Waals surface area contributed by atoms with Gasteiger partial charge in [-0.05, 0) is 20.8 Å². The number of nitrogens with two attached hydrogens (primary N) is 1. The van der Waals surface area contributed by atoms with Crippen LogP contribution in [0, 0.1) is 12.3 Å². The maximum atomic E-state index is 15.9. The molecule has 6 atom stereocenters. The van der Waals surface area contributed by atoms with Crippen molar-refractivity contribution in [2.75, 3.05) is 38.4 Å². The minimum absolute atomic E-state index is 0.0927. The predicted molar refractivity (Wildman–Crippen MR) is 130 cm³/mol. The average Bonchev–Trinajstić information content (AvgIpc) is 3.34. The molecule has 16 heteroatoms. The van der Waals surface area contributed by atoms with Gasteiger partial charge in [0.15, 0.2) is 28.9 Å². The Bertz CT molecular complexity index is 1250. The molecular formula is C21H30F2N7O6P. The number of esters is 1. The van der Waals surface area contributed by atoms with Crippen molar-refractivity contribution >= 4 is 36.5 Å². The van der Waals surface area contributed by atoms with Gasteiger partial charge in [0.2, 0.25) is 11.6 Å². The van der Waals surface area contributed by atoms with E-state index in [1.165, 1.54) is 6.33 Å². The van der Waals surface area contributed by atoms with Crippen molar-refractivity contribution < 1.29 is 37.4 Å². The van der Waals surface area contributed by atoms with Crippen molar-refractivity contribution in [3.05, 3.63) is 6.33 Å². The predicted octanol–water partition coefficient (Wildman–Crippen LogP) is 1.44. The molecule has 0 aliphatic carbocycles. The lowest BCUT2D eigenvalue weighted by atomic mass is 9.97. The van der Waals surface area contributed by atoms with Gasteiger partial charge in [0.25, 0.3) is 0 Å².